The lowest BCUT2D eigenvalue weighted by Gasteiger charge is -2.28. The minimum atomic E-state index is -0.919. The van der Waals surface area contributed by atoms with Crippen LogP contribution in [0.3, 0.4) is 0 Å². The summed E-state index contributed by atoms with van der Waals surface area (Å²) in [7, 11) is 1.56. The number of aliphatic carboxylic acids is 1. The van der Waals surface area contributed by atoms with E-state index in [2.05, 4.69) is 0 Å². The van der Waals surface area contributed by atoms with Crippen molar-refractivity contribution in [3.8, 4) is 5.75 Å². The second-order valence-electron chi connectivity index (χ2n) is 5.37. The minimum Gasteiger partial charge on any atom is -0.496 e. The Kier molecular flexibility index (Phi) is 3.12. The van der Waals surface area contributed by atoms with Crippen LogP contribution < -0.4 is 4.74 Å². The fourth-order valence-electron chi connectivity index (χ4n) is 3.04. The first-order chi connectivity index (χ1) is 9.63. The number of rotatable bonds is 4. The molecule has 1 saturated heterocycles. The first kappa shape index (κ1) is 13.0. The van der Waals surface area contributed by atoms with Crippen LogP contribution in [0.25, 0.3) is 0 Å². The van der Waals surface area contributed by atoms with E-state index in [1.807, 2.05) is 24.3 Å². The van der Waals surface area contributed by atoms with E-state index in [4.69, 9.17) is 4.74 Å². The third-order valence-electron chi connectivity index (χ3n) is 4.08. The number of benzene rings is 1. The zero-order valence-electron chi connectivity index (χ0n) is 11.3. The fourth-order valence-corrected chi connectivity index (χ4v) is 3.04. The van der Waals surface area contributed by atoms with Gasteiger partial charge < -0.3 is 14.7 Å². The molecule has 0 spiro atoms. The number of carboxylic acid groups (broad SMARTS) is 1. The summed E-state index contributed by atoms with van der Waals surface area (Å²) in [5, 5.41) is 9.43. The molecule has 0 aromatic heterocycles. The number of hydrogen-bond donors (Lipinski definition) is 1. The highest BCUT2D eigenvalue weighted by Gasteiger charge is 2.50. The van der Waals surface area contributed by atoms with E-state index >= 15 is 0 Å². The Morgan fingerprint density at radius 1 is 1.35 bits per heavy atom. The second-order valence-corrected chi connectivity index (χ2v) is 5.37. The Morgan fingerprint density at radius 2 is 2.05 bits per heavy atom. The van der Waals surface area contributed by atoms with Gasteiger partial charge in [-0.3, -0.25) is 9.59 Å². The number of amides is 1. The summed E-state index contributed by atoms with van der Waals surface area (Å²) < 4.78 is 5.34. The monoisotopic (exact) mass is 275 g/mol. The first-order valence-corrected chi connectivity index (χ1v) is 6.80. The second kappa shape index (κ2) is 4.81. The maximum atomic E-state index is 12.2. The standard InChI is InChI=1S/C15H17NO4/c1-20-12-5-3-2-4-10(12)14-11(15(18)19)8-13(17)16(14)9-6-7-9/h2-5,9,11,14H,6-8H2,1H3,(H,18,19)/t11-,14-/m0/s1. The van der Waals surface area contributed by atoms with Crippen LogP contribution >= 0.6 is 0 Å². The molecular formula is C15H17NO4. The van der Waals surface area contributed by atoms with E-state index in [0.717, 1.165) is 18.4 Å². The van der Waals surface area contributed by atoms with Crippen molar-refractivity contribution in [3.05, 3.63) is 29.8 Å². The average molecular weight is 275 g/mol. The van der Waals surface area contributed by atoms with E-state index in [1.165, 1.54) is 0 Å². The third-order valence-corrected chi connectivity index (χ3v) is 4.08. The lowest BCUT2D eigenvalue weighted by atomic mass is 9.93. The summed E-state index contributed by atoms with van der Waals surface area (Å²) in [6.45, 7) is 0. The number of hydrogen-bond acceptors (Lipinski definition) is 3. The summed E-state index contributed by atoms with van der Waals surface area (Å²) in [6, 6.07) is 7.14. The van der Waals surface area contributed by atoms with E-state index in [0.29, 0.717) is 5.75 Å². The van der Waals surface area contributed by atoms with Crippen molar-refractivity contribution >= 4 is 11.9 Å². The zero-order valence-corrected chi connectivity index (χ0v) is 11.3. The highest BCUT2D eigenvalue weighted by molar-refractivity contribution is 5.88. The van der Waals surface area contributed by atoms with Crippen LogP contribution in [0.4, 0.5) is 0 Å². The smallest absolute Gasteiger partial charge is 0.309 e. The van der Waals surface area contributed by atoms with E-state index in [1.54, 1.807) is 12.0 Å². The molecule has 1 aliphatic carbocycles. The summed E-state index contributed by atoms with van der Waals surface area (Å²) in [6.07, 6.45) is 2.00. The van der Waals surface area contributed by atoms with Gasteiger partial charge in [0.15, 0.2) is 0 Å². The van der Waals surface area contributed by atoms with Gasteiger partial charge in [0.1, 0.15) is 5.75 Å². The SMILES string of the molecule is COc1ccccc1[C@H]1[C@@H](C(=O)O)CC(=O)N1C1CC1. The summed E-state index contributed by atoms with van der Waals surface area (Å²) in [5.74, 6) is -1.03. The Morgan fingerprint density at radius 3 is 2.65 bits per heavy atom. The summed E-state index contributed by atoms with van der Waals surface area (Å²) in [5.41, 5.74) is 0.792. The van der Waals surface area contributed by atoms with Crippen molar-refractivity contribution in [1.82, 2.24) is 4.90 Å². The van der Waals surface area contributed by atoms with Crippen molar-refractivity contribution in [1.29, 1.82) is 0 Å². The van der Waals surface area contributed by atoms with Gasteiger partial charge >= 0.3 is 5.97 Å². The molecule has 0 unspecified atom stereocenters. The molecule has 3 rings (SSSR count). The van der Waals surface area contributed by atoms with Crippen LogP contribution in [0.5, 0.6) is 5.75 Å². The van der Waals surface area contributed by atoms with Gasteiger partial charge in [0.05, 0.1) is 19.1 Å². The largest absolute Gasteiger partial charge is 0.496 e. The van der Waals surface area contributed by atoms with Crippen molar-refractivity contribution in [3.63, 3.8) is 0 Å². The third kappa shape index (κ3) is 2.03. The molecule has 1 aliphatic heterocycles. The molecule has 5 heteroatoms. The highest BCUT2D eigenvalue weighted by atomic mass is 16.5. The van der Waals surface area contributed by atoms with Crippen molar-refractivity contribution in [2.75, 3.05) is 7.11 Å². The zero-order chi connectivity index (χ0) is 14.3. The molecule has 1 amide bonds. The first-order valence-electron chi connectivity index (χ1n) is 6.80. The number of carbonyl (C=O) groups excluding carboxylic acids is 1. The van der Waals surface area contributed by atoms with Crippen molar-refractivity contribution in [2.45, 2.75) is 31.3 Å². The fraction of sp³-hybridized carbons (Fsp3) is 0.467. The highest BCUT2D eigenvalue weighted by Crippen LogP contribution is 2.47. The lowest BCUT2D eigenvalue weighted by Crippen LogP contribution is -2.32. The maximum absolute atomic E-state index is 12.2. The normalized spacial score (nSPS) is 25.9. The molecule has 106 valence electrons. The number of carboxylic acids is 1. The molecule has 2 aliphatic rings. The molecule has 1 heterocycles. The summed E-state index contributed by atoms with van der Waals surface area (Å²) >= 11 is 0. The Balaban J connectivity index is 2.05. The van der Waals surface area contributed by atoms with Crippen LogP contribution in [-0.2, 0) is 9.59 Å². The van der Waals surface area contributed by atoms with Gasteiger partial charge in [-0.1, -0.05) is 18.2 Å². The van der Waals surface area contributed by atoms with Gasteiger partial charge in [0, 0.05) is 18.0 Å². The van der Waals surface area contributed by atoms with Crippen LogP contribution in [0, 0.1) is 5.92 Å². The van der Waals surface area contributed by atoms with Crippen LogP contribution in [0.15, 0.2) is 24.3 Å². The molecule has 20 heavy (non-hydrogen) atoms. The number of likely N-dealkylation sites (tertiary alicyclic amines) is 1. The number of nitrogens with zero attached hydrogens (tertiary/aromatic N) is 1. The maximum Gasteiger partial charge on any atom is 0.309 e. The van der Waals surface area contributed by atoms with Gasteiger partial charge in [0.25, 0.3) is 0 Å². The van der Waals surface area contributed by atoms with E-state index in [-0.39, 0.29) is 18.4 Å². The Bertz CT molecular complexity index is 553. The Labute approximate surface area is 117 Å². The molecule has 0 bridgehead atoms. The predicted molar refractivity (Wildman–Crippen MR) is 71.3 cm³/mol. The molecule has 1 saturated carbocycles. The average Bonchev–Trinajstić information content (AvgIpc) is 3.21. The van der Waals surface area contributed by atoms with Gasteiger partial charge in [-0.05, 0) is 18.9 Å². The quantitative estimate of drug-likeness (QED) is 0.910. The molecule has 1 aromatic rings. The molecule has 2 atom stereocenters. The number of ether oxygens (including phenoxy) is 1. The van der Waals surface area contributed by atoms with Gasteiger partial charge in [-0.25, -0.2) is 0 Å². The van der Waals surface area contributed by atoms with Crippen LogP contribution in [0.1, 0.15) is 30.9 Å². The summed E-state index contributed by atoms with van der Waals surface area (Å²) in [4.78, 5) is 25.4. The number of para-hydroxylation sites is 1. The topological polar surface area (TPSA) is 66.8 Å². The van der Waals surface area contributed by atoms with E-state index < -0.39 is 17.9 Å². The molecule has 1 N–H and O–H groups in total. The molecule has 5 nitrogen and oxygen atoms in total. The van der Waals surface area contributed by atoms with Crippen molar-refractivity contribution < 1.29 is 19.4 Å². The minimum absolute atomic E-state index is 0.0594. The van der Waals surface area contributed by atoms with Crippen molar-refractivity contribution in [2.24, 2.45) is 5.92 Å². The molecular weight excluding hydrogens is 258 g/mol. The van der Waals surface area contributed by atoms with Gasteiger partial charge in [-0.15, -0.1) is 0 Å². The van der Waals surface area contributed by atoms with Gasteiger partial charge in [0.2, 0.25) is 5.91 Å². The number of carbonyl (C=O) groups is 2. The number of methoxy groups -OCH3 is 1. The van der Waals surface area contributed by atoms with E-state index in [9.17, 15) is 14.7 Å². The van der Waals surface area contributed by atoms with Gasteiger partial charge in [-0.2, -0.15) is 0 Å². The lowest BCUT2D eigenvalue weighted by molar-refractivity contribution is -0.142. The molecule has 1 aromatic carbocycles. The molecule has 2 fully saturated rings. The van der Waals surface area contributed by atoms with Crippen LogP contribution in [-0.4, -0.2) is 35.0 Å². The molecule has 0 radical (unpaired) electrons. The predicted octanol–water partition coefficient (Wildman–Crippen LogP) is 1.83. The van der Waals surface area contributed by atoms with Crippen LogP contribution in [0.2, 0.25) is 0 Å². The Hall–Kier alpha value is -2.04.